The maximum Gasteiger partial charge on any atom is 0.246 e. The average Bonchev–Trinajstić information content (AvgIpc) is 0.908. The van der Waals surface area contributed by atoms with E-state index < -0.39 is 0 Å². The highest BCUT2D eigenvalue weighted by Crippen LogP contribution is 2.43. The fourth-order valence-electron chi connectivity index (χ4n) is 16.9. The summed E-state index contributed by atoms with van der Waals surface area (Å²) in [5, 5.41) is 0. The zero-order valence-electron chi connectivity index (χ0n) is 70.2. The predicted molar refractivity (Wildman–Crippen MR) is 528 cm³/mol. The van der Waals surface area contributed by atoms with Gasteiger partial charge in [0.2, 0.25) is 41.4 Å². The van der Waals surface area contributed by atoms with Gasteiger partial charge < -0.3 is 68.6 Å². The zero-order chi connectivity index (χ0) is 79.6. The summed E-state index contributed by atoms with van der Waals surface area (Å²) in [6.07, 6.45) is 25.7. The van der Waals surface area contributed by atoms with Crippen molar-refractivity contribution in [3.05, 3.63) is 88.6 Å². The highest BCUT2D eigenvalue weighted by Gasteiger charge is 2.49. The lowest BCUT2D eigenvalue weighted by Crippen LogP contribution is -2.65. The molecule has 0 bridgehead atoms. The molecule has 7 rings (SSSR count). The van der Waals surface area contributed by atoms with E-state index in [0.717, 1.165) is 175 Å². The van der Waals surface area contributed by atoms with E-state index in [4.69, 9.17) is 0 Å². The molecule has 708 valence electrons. The van der Waals surface area contributed by atoms with E-state index in [2.05, 4.69) is 206 Å². The van der Waals surface area contributed by atoms with Gasteiger partial charge in [0.05, 0.1) is 0 Å². The molecule has 7 aliphatic rings. The minimum absolute atomic E-state index is 0. The second kappa shape index (κ2) is 70.7. The summed E-state index contributed by atoms with van der Waals surface area (Å²) in [6, 6.07) is 0.768. The van der Waals surface area contributed by atoms with E-state index in [1.54, 1.807) is 0 Å². The quantitative estimate of drug-likeness (QED) is 0.0997. The first-order valence-corrected chi connectivity index (χ1v) is 38.5. The van der Waals surface area contributed by atoms with Crippen molar-refractivity contribution in [2.75, 3.05) is 197 Å². The lowest BCUT2D eigenvalue weighted by Gasteiger charge is -2.56. The molecule has 7 amide bonds. The molecule has 0 N–H and O–H groups in total. The fraction of sp³-hybridized carbons (Fsp3) is 0.784. The minimum atomic E-state index is -0.128. The summed E-state index contributed by atoms with van der Waals surface area (Å²) in [7, 11) is 29.1. The molecule has 0 radical (unpaired) electrons. The second-order valence-electron chi connectivity index (χ2n) is 34.2. The fourth-order valence-corrected chi connectivity index (χ4v) is 16.9. The van der Waals surface area contributed by atoms with Crippen LogP contribution in [0.1, 0.15) is 249 Å². The summed E-state index contributed by atoms with van der Waals surface area (Å²) < 4.78 is 0. The van der Waals surface area contributed by atoms with Gasteiger partial charge in [-0.25, -0.2) is 0 Å². The van der Waals surface area contributed by atoms with Crippen LogP contribution >= 0.6 is 0 Å². The van der Waals surface area contributed by atoms with Crippen molar-refractivity contribution in [2.45, 2.75) is 283 Å². The van der Waals surface area contributed by atoms with Crippen LogP contribution in [-0.2, 0) is 33.6 Å². The first-order chi connectivity index (χ1) is 48.4. The lowest BCUT2D eigenvalue weighted by molar-refractivity contribution is -0.149. The zero-order valence-corrected chi connectivity index (χ0v) is 70.2. The molecule has 0 aliphatic carbocycles. The Morgan fingerprint density at radius 3 is 0.941 bits per heavy atom. The topological polar surface area (TPSA) is 165 Å². The Bertz CT molecular complexity index is 2680. The summed E-state index contributed by atoms with van der Waals surface area (Å²) in [5.74, 6) is 3.63. The van der Waals surface area contributed by atoms with Crippen molar-refractivity contribution in [3.63, 3.8) is 0 Å². The third kappa shape index (κ3) is 51.2. The summed E-state index contributed by atoms with van der Waals surface area (Å²) in [4.78, 5) is 110. The largest absolute Gasteiger partial charge is 0.339 e. The Hall–Kier alpha value is -5.81. The Morgan fingerprint density at radius 1 is 0.288 bits per heavy atom. The molecule has 5 atom stereocenters. The van der Waals surface area contributed by atoms with E-state index in [1.165, 1.54) is 61.8 Å². The van der Waals surface area contributed by atoms with E-state index in [9.17, 15) is 33.6 Å². The van der Waals surface area contributed by atoms with E-state index in [0.29, 0.717) is 35.8 Å². The molecule has 7 aliphatic heterocycles. The number of hydrogen-bond acceptors (Lipinski definition) is 14. The number of rotatable bonds is 21. The maximum atomic E-state index is 12.2. The van der Waals surface area contributed by atoms with Gasteiger partial charge in [-0.05, 0) is 316 Å². The van der Waals surface area contributed by atoms with Crippen LogP contribution < -0.4 is 0 Å². The molecular weight excluding hydrogens is 1470 g/mol. The molecule has 118 heavy (non-hydrogen) atoms. The molecule has 7 heterocycles. The summed E-state index contributed by atoms with van der Waals surface area (Å²) >= 11 is 0. The van der Waals surface area contributed by atoms with E-state index >= 15 is 0 Å². The number of likely N-dealkylation sites (tertiary alicyclic amines) is 7. The first-order valence-electron chi connectivity index (χ1n) is 38.5. The molecule has 5 unspecified atom stereocenters. The molecular formula is C97H208N14O7. The van der Waals surface area contributed by atoms with Gasteiger partial charge in [0.1, 0.15) is 0 Å². The number of carbonyl (C=O) groups excluding carboxylic acids is 7. The monoisotopic (exact) mass is 1680 g/mol. The van der Waals surface area contributed by atoms with Crippen LogP contribution in [0.3, 0.4) is 0 Å². The van der Waals surface area contributed by atoms with E-state index in [-0.39, 0.29) is 167 Å². The SMILES string of the molecule is C.C.C.C.C.C.C.C.C.C.C.C.C.C.C=CC(=O)N1C(C)(C)CC(CN(C)C)CC1(C)C.C=CC(=O)N1C(C)(C)CCC(CN(C)C)C1(C)C.C=CC(=O)N1CCC(CN(C)C)C1.C=CC(=O)N1CCC(CN(C)C)CC1.C=CC(=O)N1CCCC(CN(C)C)C1.C=CC(=O)N1CCCC1CN(C)C.C=CC(=O)N1CCCCC1CN(C)C. The molecule has 21 heteroatoms. The van der Waals surface area contributed by atoms with Gasteiger partial charge in [0.25, 0.3) is 0 Å². The van der Waals surface area contributed by atoms with Crippen LogP contribution in [0, 0.1) is 29.6 Å². The third-order valence-corrected chi connectivity index (χ3v) is 20.9. The highest BCUT2D eigenvalue weighted by molar-refractivity contribution is 5.90. The molecule has 0 aromatic carbocycles. The number of amides is 7. The molecule has 21 nitrogen and oxygen atoms in total. The van der Waals surface area contributed by atoms with Crippen molar-refractivity contribution in [2.24, 2.45) is 29.6 Å². The Kier molecular flexibility index (Phi) is 86.2. The maximum absolute atomic E-state index is 12.2. The smallest absolute Gasteiger partial charge is 0.246 e. The van der Waals surface area contributed by atoms with Gasteiger partial charge in [-0.15, -0.1) is 0 Å². The Morgan fingerprint density at radius 2 is 0.576 bits per heavy atom. The highest BCUT2D eigenvalue weighted by atomic mass is 16.2. The lowest BCUT2D eigenvalue weighted by atomic mass is 9.72. The summed E-state index contributed by atoms with van der Waals surface area (Å²) in [6.45, 7) is 56.6. The van der Waals surface area contributed by atoms with Crippen LogP contribution in [0.4, 0.5) is 0 Å². The molecule has 0 saturated carbocycles. The summed E-state index contributed by atoms with van der Waals surface area (Å²) in [5.41, 5.74) is -0.420. The van der Waals surface area contributed by atoms with Crippen LogP contribution in [0.5, 0.6) is 0 Å². The molecule has 0 spiro atoms. The number of likely N-dealkylation sites (N-methyl/N-ethyl adjacent to an activating group) is 2. The predicted octanol–water partition coefficient (Wildman–Crippen LogP) is 18.3. The van der Waals surface area contributed by atoms with Crippen LogP contribution in [0.25, 0.3) is 0 Å². The van der Waals surface area contributed by atoms with Gasteiger partial charge in [0.15, 0.2) is 0 Å². The van der Waals surface area contributed by atoms with Gasteiger partial charge in [0, 0.05) is 132 Å². The molecule has 7 fully saturated rings. The number of piperidine rings is 5. The van der Waals surface area contributed by atoms with Gasteiger partial charge in [-0.2, -0.15) is 0 Å². The standard InChI is InChI=1S/2C15H28N2O.3C11H20N2O.2C10H18N2O.14CH4/c1-8-13(18)17-14(2,3)9-12(11-16(6)7)10-15(17,4)5;1-8-13(18)17-14(2,3)10-9-12(11-16(6)7)15(17,4)5;1-4-11(14)13-7-5-10(6-8-13)9-12(2)3;1-4-11(14)13-7-5-6-10(9-13)8-12(2)3;1-4-11(14)13-8-6-5-7-10(13)9-12(2)3;1-4-10(13)12-6-5-9(8-12)7-11(2)3;1-4-10(13)12-7-5-6-9(12)8-11(2)3;;;;;;;;;;;;;;/h2*8,12H,1,9-11H2,2-7H3;3*4,10H,1,5-9H2,2-3H3;2*4,9H,1,5-8H2,2-3H3;14*1H4. The van der Waals surface area contributed by atoms with Crippen LogP contribution in [0.2, 0.25) is 0 Å². The van der Waals surface area contributed by atoms with Gasteiger partial charge in [-0.1, -0.05) is 150 Å². The molecule has 0 aromatic rings. The second-order valence-corrected chi connectivity index (χ2v) is 34.2. The van der Waals surface area contributed by atoms with Crippen LogP contribution in [-0.4, -0.2) is 341 Å². The average molecular weight is 1680 g/mol. The van der Waals surface area contributed by atoms with Crippen LogP contribution in [0.15, 0.2) is 88.6 Å². The number of carbonyl (C=O) groups is 7. The normalized spacial score (nSPS) is 20.0. The number of nitrogens with zero attached hydrogens (tertiary/aromatic N) is 14. The van der Waals surface area contributed by atoms with Crippen molar-refractivity contribution >= 4 is 41.4 Å². The van der Waals surface area contributed by atoms with Crippen molar-refractivity contribution in [1.29, 1.82) is 0 Å². The van der Waals surface area contributed by atoms with Gasteiger partial charge >= 0.3 is 0 Å². The van der Waals surface area contributed by atoms with Crippen molar-refractivity contribution in [1.82, 2.24) is 68.6 Å². The van der Waals surface area contributed by atoms with Crippen molar-refractivity contribution in [3.8, 4) is 0 Å². The van der Waals surface area contributed by atoms with E-state index in [1.807, 2.05) is 62.5 Å². The third-order valence-electron chi connectivity index (χ3n) is 20.9. The van der Waals surface area contributed by atoms with Crippen molar-refractivity contribution < 1.29 is 33.6 Å². The Labute approximate surface area is 738 Å². The number of hydrogen-bond donors (Lipinski definition) is 0. The first kappa shape index (κ1) is 144. The minimum Gasteiger partial charge on any atom is -0.339 e. The molecule has 0 aromatic heterocycles. The van der Waals surface area contributed by atoms with Gasteiger partial charge in [-0.3, -0.25) is 33.6 Å². The molecule has 7 saturated heterocycles. The Balaban J connectivity index is -0.0000000877.